The third kappa shape index (κ3) is 0.812. The van der Waals surface area contributed by atoms with Gasteiger partial charge in [0.05, 0.1) is 0 Å². The van der Waals surface area contributed by atoms with Crippen molar-refractivity contribution in [3.05, 3.63) is 17.7 Å². The lowest BCUT2D eigenvalue weighted by molar-refractivity contribution is 0.857. The predicted octanol–water partition coefficient (Wildman–Crippen LogP) is 0.710. The van der Waals surface area contributed by atoms with Gasteiger partial charge in [-0.2, -0.15) is 0 Å². The van der Waals surface area contributed by atoms with Crippen molar-refractivity contribution in [3.8, 4) is 12.3 Å². The van der Waals surface area contributed by atoms with Crippen LogP contribution in [0, 0.1) is 19.3 Å². The average molecular weight is 120 g/mol. The predicted molar refractivity (Wildman–Crippen MR) is 35.9 cm³/mol. The molecule has 0 atom stereocenters. The number of hydrogen-bond donors (Lipinski definition) is 0. The highest BCUT2D eigenvalue weighted by molar-refractivity contribution is 5.19. The summed E-state index contributed by atoms with van der Waals surface area (Å²) >= 11 is 0. The van der Waals surface area contributed by atoms with Crippen molar-refractivity contribution in [2.24, 2.45) is 7.05 Å². The molecule has 1 heterocycles. The monoisotopic (exact) mass is 120 g/mol. The van der Waals surface area contributed by atoms with E-state index < -0.39 is 0 Å². The van der Waals surface area contributed by atoms with Crippen LogP contribution in [0.4, 0.5) is 0 Å². The van der Waals surface area contributed by atoms with Crippen molar-refractivity contribution in [2.45, 2.75) is 6.92 Å². The van der Waals surface area contributed by atoms with E-state index in [4.69, 9.17) is 6.42 Å². The second kappa shape index (κ2) is 1.94. The normalized spacial score (nSPS) is 9.00. The van der Waals surface area contributed by atoms with Crippen LogP contribution in [0.25, 0.3) is 0 Å². The first-order chi connectivity index (χ1) is 4.25. The third-order valence-electron chi connectivity index (χ3n) is 1.35. The maximum atomic E-state index is 5.13. The largest absolute Gasteiger partial charge is 0.325 e. The molecule has 0 fully saturated rings. The van der Waals surface area contributed by atoms with E-state index in [2.05, 4.69) is 10.9 Å². The molecule has 0 saturated carbocycles. The first kappa shape index (κ1) is 5.90. The van der Waals surface area contributed by atoms with Crippen LogP contribution in [0.2, 0.25) is 0 Å². The van der Waals surface area contributed by atoms with Crippen LogP contribution in [-0.2, 0) is 7.05 Å². The van der Waals surface area contributed by atoms with Gasteiger partial charge in [-0.1, -0.05) is 0 Å². The molecule has 9 heavy (non-hydrogen) atoms. The fraction of sp³-hybridized carbons (Fsp3) is 0.286. The molecule has 0 radical (unpaired) electrons. The molecule has 0 unspecified atom stereocenters. The molecule has 1 rings (SSSR count). The quantitative estimate of drug-likeness (QED) is 0.461. The van der Waals surface area contributed by atoms with E-state index in [0.29, 0.717) is 5.82 Å². The molecule has 1 aromatic heterocycles. The SMILES string of the molecule is C#Cc1ncc(C)n1C. The summed E-state index contributed by atoms with van der Waals surface area (Å²) < 4.78 is 1.88. The molecule has 0 bridgehead atoms. The van der Waals surface area contributed by atoms with E-state index in [1.807, 2.05) is 18.5 Å². The summed E-state index contributed by atoms with van der Waals surface area (Å²) in [6.45, 7) is 1.97. The first-order valence-electron chi connectivity index (χ1n) is 2.70. The summed E-state index contributed by atoms with van der Waals surface area (Å²) in [7, 11) is 1.90. The minimum atomic E-state index is 0.688. The van der Waals surface area contributed by atoms with E-state index in [1.54, 1.807) is 6.20 Å². The van der Waals surface area contributed by atoms with E-state index in [1.165, 1.54) is 0 Å². The van der Waals surface area contributed by atoms with Gasteiger partial charge >= 0.3 is 0 Å². The molecule has 2 nitrogen and oxygen atoms in total. The summed E-state index contributed by atoms with van der Waals surface area (Å²) in [6, 6.07) is 0. The Bertz CT molecular complexity index is 252. The van der Waals surface area contributed by atoms with Gasteiger partial charge in [0.2, 0.25) is 0 Å². The third-order valence-corrected chi connectivity index (χ3v) is 1.35. The molecular weight excluding hydrogens is 112 g/mol. The van der Waals surface area contributed by atoms with Crippen LogP contribution in [0.1, 0.15) is 11.5 Å². The average Bonchev–Trinajstić information content (AvgIpc) is 2.15. The molecule has 0 aliphatic rings. The molecule has 0 aliphatic carbocycles. The van der Waals surface area contributed by atoms with Crippen molar-refractivity contribution in [2.75, 3.05) is 0 Å². The summed E-state index contributed by atoms with van der Waals surface area (Å²) in [5.74, 6) is 3.16. The Labute approximate surface area is 54.5 Å². The number of aromatic nitrogens is 2. The maximum absolute atomic E-state index is 5.13. The van der Waals surface area contributed by atoms with E-state index in [9.17, 15) is 0 Å². The fourth-order valence-corrected chi connectivity index (χ4v) is 0.629. The van der Waals surface area contributed by atoms with Gasteiger partial charge in [-0.3, -0.25) is 0 Å². The Morgan fingerprint density at radius 3 is 2.67 bits per heavy atom. The number of nitrogens with zero attached hydrogens (tertiary/aromatic N) is 2. The molecule has 0 saturated heterocycles. The van der Waals surface area contributed by atoms with Gasteiger partial charge in [0, 0.05) is 18.9 Å². The van der Waals surface area contributed by atoms with Crippen molar-refractivity contribution >= 4 is 0 Å². The summed E-state index contributed by atoms with van der Waals surface area (Å²) in [4.78, 5) is 3.96. The van der Waals surface area contributed by atoms with Gasteiger partial charge in [-0.25, -0.2) is 4.98 Å². The number of imidazole rings is 1. The lowest BCUT2D eigenvalue weighted by atomic mass is 10.5. The van der Waals surface area contributed by atoms with Crippen molar-refractivity contribution in [1.82, 2.24) is 9.55 Å². The van der Waals surface area contributed by atoms with Crippen molar-refractivity contribution in [1.29, 1.82) is 0 Å². The molecule has 2 heteroatoms. The van der Waals surface area contributed by atoms with Crippen molar-refractivity contribution in [3.63, 3.8) is 0 Å². The van der Waals surface area contributed by atoms with Gasteiger partial charge < -0.3 is 4.57 Å². The van der Waals surface area contributed by atoms with Crippen LogP contribution in [0.15, 0.2) is 6.20 Å². The second-order valence-electron chi connectivity index (χ2n) is 1.93. The van der Waals surface area contributed by atoms with Gasteiger partial charge in [0.1, 0.15) is 0 Å². The van der Waals surface area contributed by atoms with E-state index in [-0.39, 0.29) is 0 Å². The number of aryl methyl sites for hydroxylation is 1. The Hall–Kier alpha value is -1.23. The van der Waals surface area contributed by atoms with Crippen LogP contribution < -0.4 is 0 Å². The molecule has 0 N–H and O–H groups in total. The number of terminal acetylenes is 1. The van der Waals surface area contributed by atoms with Crippen LogP contribution in [0.5, 0.6) is 0 Å². The van der Waals surface area contributed by atoms with Crippen LogP contribution in [-0.4, -0.2) is 9.55 Å². The zero-order chi connectivity index (χ0) is 6.85. The van der Waals surface area contributed by atoms with E-state index >= 15 is 0 Å². The molecule has 1 aromatic rings. The Balaban J connectivity index is 3.24. The topological polar surface area (TPSA) is 17.8 Å². The Kier molecular flexibility index (Phi) is 1.27. The number of rotatable bonds is 0. The molecular formula is C7H8N2. The van der Waals surface area contributed by atoms with Crippen LogP contribution >= 0.6 is 0 Å². The van der Waals surface area contributed by atoms with E-state index in [0.717, 1.165) is 5.69 Å². The highest BCUT2D eigenvalue weighted by Crippen LogP contribution is 1.97. The summed E-state index contributed by atoms with van der Waals surface area (Å²) in [5, 5.41) is 0. The first-order valence-corrected chi connectivity index (χ1v) is 2.70. The zero-order valence-corrected chi connectivity index (χ0v) is 5.55. The maximum Gasteiger partial charge on any atom is 0.184 e. The second-order valence-corrected chi connectivity index (χ2v) is 1.93. The minimum Gasteiger partial charge on any atom is -0.325 e. The molecule has 46 valence electrons. The summed E-state index contributed by atoms with van der Waals surface area (Å²) in [5.41, 5.74) is 1.09. The lowest BCUT2D eigenvalue weighted by Crippen LogP contribution is -1.93. The lowest BCUT2D eigenvalue weighted by Gasteiger charge is -1.93. The van der Waals surface area contributed by atoms with Gasteiger partial charge in [-0.05, 0) is 12.8 Å². The standard InChI is InChI=1S/C7H8N2/c1-4-7-8-5-6(2)9(7)3/h1,5H,2-3H3. The fourth-order valence-electron chi connectivity index (χ4n) is 0.629. The number of hydrogen-bond acceptors (Lipinski definition) is 1. The van der Waals surface area contributed by atoms with Crippen LogP contribution in [0.3, 0.4) is 0 Å². The molecule has 0 amide bonds. The summed E-state index contributed by atoms with van der Waals surface area (Å²) in [6.07, 6.45) is 6.89. The Morgan fingerprint density at radius 2 is 2.44 bits per heavy atom. The smallest absolute Gasteiger partial charge is 0.184 e. The zero-order valence-electron chi connectivity index (χ0n) is 5.55. The molecule has 0 aliphatic heterocycles. The highest BCUT2D eigenvalue weighted by Gasteiger charge is 1.95. The molecule has 0 spiro atoms. The van der Waals surface area contributed by atoms with Crippen molar-refractivity contribution < 1.29 is 0 Å². The molecule has 0 aromatic carbocycles. The minimum absolute atomic E-state index is 0.688. The van der Waals surface area contributed by atoms with Gasteiger partial charge in [-0.15, -0.1) is 6.42 Å². The van der Waals surface area contributed by atoms with Gasteiger partial charge in [0.25, 0.3) is 0 Å². The Morgan fingerprint density at radius 1 is 1.78 bits per heavy atom. The van der Waals surface area contributed by atoms with Gasteiger partial charge in [0.15, 0.2) is 5.82 Å². The highest BCUT2D eigenvalue weighted by atomic mass is 15.0.